The van der Waals surface area contributed by atoms with E-state index in [4.69, 9.17) is 21.3 Å². The molecule has 0 saturated carbocycles. The van der Waals surface area contributed by atoms with Gasteiger partial charge in [0.05, 0.1) is 37.4 Å². The fourth-order valence-electron chi connectivity index (χ4n) is 6.49. The molecular weight excluding hydrogens is 592 g/mol. The number of aliphatic hydroxyl groups excluding tert-OH is 2. The molecule has 12 heteroatoms. The summed E-state index contributed by atoms with van der Waals surface area (Å²) in [5, 5.41) is 26.2. The van der Waals surface area contributed by atoms with E-state index in [0.29, 0.717) is 29.4 Å². The minimum atomic E-state index is -0.675. The number of nitrogens with zero attached hydrogens (tertiary/aromatic N) is 6. The van der Waals surface area contributed by atoms with E-state index in [1.54, 1.807) is 19.5 Å². The number of imidazole rings is 1. The summed E-state index contributed by atoms with van der Waals surface area (Å²) in [7, 11) is 3.68. The lowest BCUT2D eigenvalue weighted by molar-refractivity contribution is 0.0301. The van der Waals surface area contributed by atoms with Gasteiger partial charge in [-0.2, -0.15) is 4.98 Å². The average molecular weight is 633 g/mol. The van der Waals surface area contributed by atoms with Crippen molar-refractivity contribution in [1.29, 1.82) is 0 Å². The Kier molecular flexibility index (Phi) is 9.82. The summed E-state index contributed by atoms with van der Waals surface area (Å²) < 4.78 is 7.97. The zero-order valence-electron chi connectivity index (χ0n) is 25.8. The van der Waals surface area contributed by atoms with Crippen LogP contribution >= 0.6 is 11.6 Å². The van der Waals surface area contributed by atoms with Crippen molar-refractivity contribution in [2.75, 3.05) is 57.1 Å². The highest BCUT2D eigenvalue weighted by Crippen LogP contribution is 2.38. The van der Waals surface area contributed by atoms with Crippen LogP contribution in [0, 0.1) is 0 Å². The molecule has 238 valence electrons. The minimum absolute atomic E-state index is 0.193. The minimum Gasteiger partial charge on any atom is -0.494 e. The van der Waals surface area contributed by atoms with Crippen molar-refractivity contribution in [3.8, 4) is 17.1 Å². The Labute approximate surface area is 268 Å². The maximum Gasteiger partial charge on any atom is 0.229 e. The maximum absolute atomic E-state index is 9.83. The van der Waals surface area contributed by atoms with Crippen molar-refractivity contribution in [2.45, 2.75) is 37.8 Å². The first-order valence-electron chi connectivity index (χ1n) is 15.5. The van der Waals surface area contributed by atoms with Crippen molar-refractivity contribution in [1.82, 2.24) is 29.3 Å². The molecule has 2 aliphatic rings. The Bertz CT molecular complexity index is 1610. The van der Waals surface area contributed by atoms with Crippen LogP contribution < -0.4 is 15.4 Å². The molecule has 0 bridgehead atoms. The van der Waals surface area contributed by atoms with Gasteiger partial charge < -0.3 is 30.2 Å². The highest BCUT2D eigenvalue weighted by molar-refractivity contribution is 6.33. The second-order valence-corrected chi connectivity index (χ2v) is 12.2. The van der Waals surface area contributed by atoms with Crippen molar-refractivity contribution in [3.63, 3.8) is 0 Å². The van der Waals surface area contributed by atoms with E-state index in [9.17, 15) is 10.2 Å². The third-order valence-corrected chi connectivity index (χ3v) is 9.09. The van der Waals surface area contributed by atoms with Crippen LogP contribution in [0.5, 0.6) is 5.75 Å². The molecule has 3 heterocycles. The number of para-hydroxylation sites is 1. The molecule has 6 rings (SSSR count). The SMILES string of the molecule is COc1c(Nc2ncc(Cl)c(Nc3ccccc3-c3nccn3C)n2)ccc2c1CCCC(N1CCN(C[C@H](O)CO)CC1)C2. The number of aliphatic hydroxyl groups is 2. The number of halogens is 1. The van der Waals surface area contributed by atoms with Crippen LogP contribution in [0.2, 0.25) is 5.02 Å². The van der Waals surface area contributed by atoms with Gasteiger partial charge in [0, 0.05) is 63.8 Å². The van der Waals surface area contributed by atoms with Gasteiger partial charge >= 0.3 is 0 Å². The first kappa shape index (κ1) is 31.3. The van der Waals surface area contributed by atoms with E-state index in [0.717, 1.165) is 80.4 Å². The van der Waals surface area contributed by atoms with Crippen LogP contribution in [0.15, 0.2) is 55.0 Å². The van der Waals surface area contributed by atoms with Gasteiger partial charge in [0.1, 0.15) is 16.6 Å². The van der Waals surface area contributed by atoms with Crippen molar-refractivity contribution in [3.05, 3.63) is 71.1 Å². The van der Waals surface area contributed by atoms with Gasteiger partial charge in [-0.05, 0) is 55.0 Å². The molecule has 1 unspecified atom stereocenters. The van der Waals surface area contributed by atoms with Crippen molar-refractivity contribution in [2.24, 2.45) is 7.05 Å². The number of fused-ring (bicyclic) bond motifs is 1. The Hall–Kier alpha value is -3.74. The summed E-state index contributed by atoms with van der Waals surface area (Å²) in [4.78, 5) is 18.5. The number of hydrogen-bond acceptors (Lipinski definition) is 10. The third kappa shape index (κ3) is 7.08. The second-order valence-electron chi connectivity index (χ2n) is 11.8. The molecule has 4 N–H and O–H groups in total. The van der Waals surface area contributed by atoms with Crippen LogP contribution in [-0.2, 0) is 19.9 Å². The predicted molar refractivity (Wildman–Crippen MR) is 177 cm³/mol. The number of methoxy groups -OCH3 is 1. The largest absolute Gasteiger partial charge is 0.494 e. The molecule has 4 aromatic rings. The number of anilines is 4. The molecule has 0 spiro atoms. The highest BCUT2D eigenvalue weighted by Gasteiger charge is 2.28. The standard InChI is InChI=1S/C33H41ClN8O3/c1-40-13-12-35-32(40)26-7-3-4-9-28(26)37-31-27(34)19-36-33(39-31)38-29-11-10-22-18-23(6-5-8-25(22)30(29)45-2)42-16-14-41(15-17-42)20-24(44)21-43/h3-4,7,9-13,19,23-24,43-44H,5-6,8,14-18,20-21H2,1-2H3,(H2,36,37,38,39)/t23?,24-/m0/s1. The predicted octanol–water partition coefficient (Wildman–Crippen LogP) is 4.24. The maximum atomic E-state index is 9.83. The van der Waals surface area contributed by atoms with Crippen LogP contribution in [0.1, 0.15) is 24.0 Å². The quantitative estimate of drug-likeness (QED) is 0.189. The van der Waals surface area contributed by atoms with Crippen LogP contribution in [0.25, 0.3) is 11.4 Å². The van der Waals surface area contributed by atoms with E-state index in [1.807, 2.05) is 42.1 Å². The summed E-state index contributed by atoms with van der Waals surface area (Å²) in [6.45, 7) is 4.06. The zero-order valence-corrected chi connectivity index (χ0v) is 26.5. The lowest BCUT2D eigenvalue weighted by atomic mass is 9.98. The van der Waals surface area contributed by atoms with Gasteiger partial charge in [0.15, 0.2) is 5.82 Å². The monoisotopic (exact) mass is 632 g/mol. The first-order chi connectivity index (χ1) is 21.9. The number of aromatic nitrogens is 4. The zero-order chi connectivity index (χ0) is 31.3. The van der Waals surface area contributed by atoms with Gasteiger partial charge in [-0.1, -0.05) is 29.8 Å². The number of ether oxygens (including phenoxy) is 1. The van der Waals surface area contributed by atoms with E-state index in [1.165, 1.54) is 11.1 Å². The normalized spacial score (nSPS) is 18.2. The molecule has 11 nitrogen and oxygen atoms in total. The summed E-state index contributed by atoms with van der Waals surface area (Å²) in [6.07, 6.45) is 8.69. The summed E-state index contributed by atoms with van der Waals surface area (Å²) in [5.74, 6) is 2.55. The molecule has 2 aromatic carbocycles. The Morgan fingerprint density at radius 1 is 1.07 bits per heavy atom. The molecule has 1 fully saturated rings. The van der Waals surface area contributed by atoms with Crippen LogP contribution in [0.3, 0.4) is 0 Å². The van der Waals surface area contributed by atoms with Gasteiger partial charge in [0.2, 0.25) is 5.95 Å². The fraction of sp³-hybridized carbons (Fsp3) is 0.424. The number of rotatable bonds is 10. The number of hydrogen-bond donors (Lipinski definition) is 4. The number of aryl methyl sites for hydroxylation is 1. The smallest absolute Gasteiger partial charge is 0.229 e. The summed E-state index contributed by atoms with van der Waals surface area (Å²) in [5.41, 5.74) is 5.11. The van der Waals surface area contributed by atoms with Gasteiger partial charge in [-0.3, -0.25) is 9.80 Å². The van der Waals surface area contributed by atoms with Crippen molar-refractivity contribution >= 4 is 34.7 Å². The second kappa shape index (κ2) is 14.1. The molecule has 1 aliphatic heterocycles. The summed E-state index contributed by atoms with van der Waals surface area (Å²) >= 11 is 6.55. The molecule has 1 aliphatic carbocycles. The Balaban J connectivity index is 1.18. The molecule has 1 saturated heterocycles. The van der Waals surface area contributed by atoms with Gasteiger partial charge in [0.25, 0.3) is 0 Å². The van der Waals surface area contributed by atoms with Gasteiger partial charge in [-0.15, -0.1) is 0 Å². The summed E-state index contributed by atoms with van der Waals surface area (Å²) in [6, 6.07) is 12.6. The number of nitrogens with one attached hydrogen (secondary N) is 2. The fourth-order valence-corrected chi connectivity index (χ4v) is 6.63. The molecule has 2 atom stereocenters. The third-order valence-electron chi connectivity index (χ3n) is 8.82. The van der Waals surface area contributed by atoms with E-state index in [2.05, 4.69) is 42.5 Å². The molecule has 2 aromatic heterocycles. The number of piperazine rings is 1. The molecule has 0 radical (unpaired) electrons. The van der Waals surface area contributed by atoms with E-state index < -0.39 is 6.10 Å². The van der Waals surface area contributed by atoms with Crippen LogP contribution in [-0.4, -0.2) is 98.1 Å². The number of benzene rings is 2. The number of β-amino-alcohol motifs (C(OH)–C–C–N with tert-alkyl or cyclic N) is 1. The van der Waals surface area contributed by atoms with Crippen molar-refractivity contribution < 1.29 is 14.9 Å². The molecule has 0 amide bonds. The average Bonchev–Trinajstić information content (AvgIpc) is 3.36. The Morgan fingerprint density at radius 2 is 1.89 bits per heavy atom. The lowest BCUT2D eigenvalue weighted by Gasteiger charge is -2.39. The van der Waals surface area contributed by atoms with E-state index in [-0.39, 0.29) is 6.61 Å². The van der Waals surface area contributed by atoms with Crippen LogP contribution in [0.4, 0.5) is 23.1 Å². The molecular formula is C33H41ClN8O3. The van der Waals surface area contributed by atoms with E-state index >= 15 is 0 Å². The molecule has 45 heavy (non-hydrogen) atoms. The lowest BCUT2D eigenvalue weighted by Crippen LogP contribution is -2.52. The Morgan fingerprint density at radius 3 is 2.64 bits per heavy atom. The first-order valence-corrected chi connectivity index (χ1v) is 15.9. The highest BCUT2D eigenvalue weighted by atomic mass is 35.5. The topological polar surface area (TPSA) is 124 Å². The van der Waals surface area contributed by atoms with Gasteiger partial charge in [-0.25, -0.2) is 9.97 Å².